The third kappa shape index (κ3) is 3.33. The fourth-order valence-corrected chi connectivity index (χ4v) is 3.54. The number of pyridine rings is 1. The van der Waals surface area contributed by atoms with Crippen LogP contribution in [0.3, 0.4) is 0 Å². The normalized spacial score (nSPS) is 16.7. The molecule has 0 unspecified atom stereocenters. The topological polar surface area (TPSA) is 70.8 Å². The van der Waals surface area contributed by atoms with Crippen LogP contribution in [0.4, 0.5) is 17.6 Å². The highest BCUT2D eigenvalue weighted by Crippen LogP contribution is 2.43. The smallest absolute Gasteiger partial charge is 0.289 e. The number of carbonyl (C=O) groups is 2. The molecule has 1 aromatic carbocycles. The number of carbonyl (C=O) groups excluding carboxylic acids is 2. The molecule has 1 heterocycles. The lowest BCUT2D eigenvalue weighted by Gasteiger charge is -2.21. The van der Waals surface area contributed by atoms with Gasteiger partial charge in [-0.2, -0.15) is 18.4 Å². The average molecular weight is 400 g/mol. The number of nitrogens with zero attached hydrogens (tertiary/aromatic N) is 2. The largest absolute Gasteiger partial charge is 0.419 e. The van der Waals surface area contributed by atoms with Crippen LogP contribution in [0.25, 0.3) is 0 Å². The highest BCUT2D eigenvalue weighted by Gasteiger charge is 2.40. The molecule has 1 fully saturated rings. The number of allylic oxidation sites excluding steroid dienone is 2. The van der Waals surface area contributed by atoms with Gasteiger partial charge in [-0.25, -0.2) is 9.37 Å². The molecule has 1 aromatic heterocycles. The van der Waals surface area contributed by atoms with Gasteiger partial charge in [0, 0.05) is 34.4 Å². The summed E-state index contributed by atoms with van der Waals surface area (Å²) < 4.78 is 52.5. The first-order valence-electron chi connectivity index (χ1n) is 8.80. The number of nitriles is 1. The predicted octanol–water partition coefficient (Wildman–Crippen LogP) is 4.44. The van der Waals surface area contributed by atoms with Crippen molar-refractivity contribution >= 4 is 11.6 Å². The standard InChI is InChI=1S/C21H12F4N2O2/c22-11-3-5-13-14(7-11)20(29)18(10-1-2-10)15(19(13)28)8-12-4-6-16(21(23,24)25)17(9-26)27-12/h3-7,10H,1-2,8H2. The van der Waals surface area contributed by atoms with Crippen molar-refractivity contribution in [2.45, 2.75) is 25.4 Å². The summed E-state index contributed by atoms with van der Waals surface area (Å²) in [6, 6.07) is 6.61. The molecular weight excluding hydrogens is 388 g/mol. The number of aromatic nitrogens is 1. The molecule has 4 rings (SSSR count). The minimum Gasteiger partial charge on any atom is -0.289 e. The maximum Gasteiger partial charge on any atom is 0.419 e. The fourth-order valence-electron chi connectivity index (χ4n) is 3.54. The first-order chi connectivity index (χ1) is 13.7. The second kappa shape index (κ2) is 6.62. The van der Waals surface area contributed by atoms with Gasteiger partial charge >= 0.3 is 6.18 Å². The number of halogens is 4. The summed E-state index contributed by atoms with van der Waals surface area (Å²) in [5.41, 5.74) is -1.40. The van der Waals surface area contributed by atoms with E-state index in [-0.39, 0.29) is 40.3 Å². The van der Waals surface area contributed by atoms with Crippen molar-refractivity contribution in [2.75, 3.05) is 0 Å². The van der Waals surface area contributed by atoms with Crippen LogP contribution in [-0.4, -0.2) is 16.6 Å². The van der Waals surface area contributed by atoms with E-state index in [1.54, 1.807) is 0 Å². The summed E-state index contributed by atoms with van der Waals surface area (Å²) in [6.45, 7) is 0. The van der Waals surface area contributed by atoms with Crippen LogP contribution in [0, 0.1) is 23.1 Å². The molecule has 0 atom stereocenters. The van der Waals surface area contributed by atoms with E-state index in [9.17, 15) is 27.2 Å². The summed E-state index contributed by atoms with van der Waals surface area (Å²) >= 11 is 0. The highest BCUT2D eigenvalue weighted by atomic mass is 19.4. The molecule has 0 radical (unpaired) electrons. The Labute approximate surface area is 162 Å². The lowest BCUT2D eigenvalue weighted by molar-refractivity contribution is -0.138. The SMILES string of the molecule is N#Cc1nc(CC2=C(C3CC3)C(=O)c3cc(F)ccc3C2=O)ccc1C(F)(F)F. The number of benzene rings is 1. The van der Waals surface area contributed by atoms with Gasteiger partial charge in [0.25, 0.3) is 0 Å². The number of hydrogen-bond acceptors (Lipinski definition) is 4. The Hall–Kier alpha value is -3.34. The van der Waals surface area contributed by atoms with Crippen molar-refractivity contribution in [2.24, 2.45) is 5.92 Å². The summed E-state index contributed by atoms with van der Waals surface area (Å²) in [7, 11) is 0. The summed E-state index contributed by atoms with van der Waals surface area (Å²) in [5, 5.41) is 9.03. The van der Waals surface area contributed by atoms with Crippen molar-refractivity contribution in [1.82, 2.24) is 4.98 Å². The Balaban J connectivity index is 1.79. The quantitative estimate of drug-likeness (QED) is 0.715. The molecular formula is C21H12F4N2O2. The van der Waals surface area contributed by atoms with Gasteiger partial charge in [-0.15, -0.1) is 0 Å². The molecule has 0 N–H and O–H groups in total. The number of Topliss-reactive ketones (excluding diaryl/α,β-unsaturated/α-hetero) is 2. The average Bonchev–Trinajstić information content (AvgIpc) is 3.50. The van der Waals surface area contributed by atoms with Gasteiger partial charge in [0.1, 0.15) is 11.9 Å². The van der Waals surface area contributed by atoms with E-state index in [2.05, 4.69) is 4.98 Å². The van der Waals surface area contributed by atoms with Gasteiger partial charge in [0.05, 0.1) is 5.56 Å². The maximum atomic E-state index is 13.6. The van der Waals surface area contributed by atoms with Crippen LogP contribution in [0.15, 0.2) is 41.5 Å². The van der Waals surface area contributed by atoms with Gasteiger partial charge in [0.2, 0.25) is 0 Å². The number of ketones is 2. The Bertz CT molecular complexity index is 1140. The Kier molecular flexibility index (Phi) is 4.34. The fraction of sp³-hybridized carbons (Fsp3) is 0.238. The van der Waals surface area contributed by atoms with Crippen LogP contribution < -0.4 is 0 Å². The minimum absolute atomic E-state index is 0.00116. The number of fused-ring (bicyclic) bond motifs is 1. The van der Waals surface area contributed by atoms with Crippen LogP contribution in [-0.2, 0) is 12.6 Å². The van der Waals surface area contributed by atoms with E-state index in [0.29, 0.717) is 12.8 Å². The van der Waals surface area contributed by atoms with Crippen LogP contribution in [0.5, 0.6) is 0 Å². The van der Waals surface area contributed by atoms with Crippen molar-refractivity contribution in [3.05, 3.63) is 75.4 Å². The molecule has 4 nitrogen and oxygen atoms in total. The molecule has 29 heavy (non-hydrogen) atoms. The Morgan fingerprint density at radius 2 is 1.79 bits per heavy atom. The second-order valence-corrected chi connectivity index (χ2v) is 7.00. The molecule has 0 spiro atoms. The van der Waals surface area contributed by atoms with Crippen LogP contribution in [0.2, 0.25) is 0 Å². The van der Waals surface area contributed by atoms with Gasteiger partial charge in [-0.1, -0.05) is 0 Å². The van der Waals surface area contributed by atoms with Crippen molar-refractivity contribution in [3.63, 3.8) is 0 Å². The Morgan fingerprint density at radius 3 is 2.41 bits per heavy atom. The first kappa shape index (κ1) is 19.0. The third-order valence-corrected chi connectivity index (χ3v) is 5.02. The van der Waals surface area contributed by atoms with E-state index in [4.69, 9.17) is 5.26 Å². The number of rotatable bonds is 3. The molecule has 1 saturated carbocycles. The van der Waals surface area contributed by atoms with Crippen molar-refractivity contribution in [1.29, 1.82) is 5.26 Å². The first-order valence-corrected chi connectivity index (χ1v) is 8.80. The van der Waals surface area contributed by atoms with E-state index in [1.807, 2.05) is 0 Å². The van der Waals surface area contributed by atoms with Gasteiger partial charge in [-0.05, 0) is 49.1 Å². The highest BCUT2D eigenvalue weighted by molar-refractivity contribution is 6.27. The third-order valence-electron chi connectivity index (χ3n) is 5.02. The van der Waals surface area contributed by atoms with Crippen LogP contribution in [0.1, 0.15) is 50.5 Å². The molecule has 0 amide bonds. The molecule has 0 saturated heterocycles. The van der Waals surface area contributed by atoms with Gasteiger partial charge in [-0.3, -0.25) is 9.59 Å². The lowest BCUT2D eigenvalue weighted by Crippen LogP contribution is -2.25. The monoisotopic (exact) mass is 400 g/mol. The van der Waals surface area contributed by atoms with Crippen molar-refractivity contribution in [3.8, 4) is 6.07 Å². The van der Waals surface area contributed by atoms with Crippen molar-refractivity contribution < 1.29 is 27.2 Å². The molecule has 2 aliphatic rings. The molecule has 8 heteroatoms. The van der Waals surface area contributed by atoms with E-state index >= 15 is 0 Å². The maximum absolute atomic E-state index is 13.6. The minimum atomic E-state index is -4.73. The van der Waals surface area contributed by atoms with Gasteiger partial charge < -0.3 is 0 Å². The zero-order chi connectivity index (χ0) is 20.9. The molecule has 0 bridgehead atoms. The number of hydrogen-bond donors (Lipinski definition) is 0. The predicted molar refractivity (Wildman–Crippen MR) is 92.5 cm³/mol. The zero-order valence-corrected chi connectivity index (χ0v) is 14.8. The van der Waals surface area contributed by atoms with Crippen LogP contribution >= 0.6 is 0 Å². The van der Waals surface area contributed by atoms with E-state index in [1.165, 1.54) is 12.1 Å². The second-order valence-electron chi connectivity index (χ2n) is 7.00. The van der Waals surface area contributed by atoms with E-state index in [0.717, 1.165) is 24.3 Å². The summed E-state index contributed by atoms with van der Waals surface area (Å²) in [4.78, 5) is 29.7. The summed E-state index contributed by atoms with van der Waals surface area (Å²) in [6.07, 6.45) is -3.51. The molecule has 0 aliphatic heterocycles. The Morgan fingerprint density at radius 1 is 1.07 bits per heavy atom. The summed E-state index contributed by atoms with van der Waals surface area (Å²) in [5.74, 6) is -1.68. The van der Waals surface area contributed by atoms with E-state index < -0.39 is 34.8 Å². The molecule has 2 aliphatic carbocycles. The molecule has 146 valence electrons. The zero-order valence-electron chi connectivity index (χ0n) is 14.8. The number of alkyl halides is 3. The van der Waals surface area contributed by atoms with Gasteiger partial charge in [0.15, 0.2) is 17.3 Å². The lowest BCUT2D eigenvalue weighted by atomic mass is 9.80. The molecule has 2 aromatic rings.